The standard InChI is InChI=1S/C34H33N3O6S/c38-32(39)18-17-29-34(41)36-30(21-25-11-5-2-6-12-25)33(40)35(20-19-24-9-3-1-4-10-24)23-31(36)37(29)44(42,43)28-16-15-26-13-7-8-14-27(26)22-28/h1-16,22,29-31H,17-21,23H2,(H,38,39)/t29-,30-,31?/m0/s1. The Kier molecular flexibility index (Phi) is 8.20. The average molecular weight is 612 g/mol. The molecule has 0 radical (unpaired) electrons. The topological polar surface area (TPSA) is 115 Å². The van der Waals surface area contributed by atoms with E-state index in [0.29, 0.717) is 13.0 Å². The molecule has 1 N–H and O–H groups in total. The molecule has 2 aliphatic heterocycles. The van der Waals surface area contributed by atoms with Crippen LogP contribution in [-0.2, 0) is 37.2 Å². The van der Waals surface area contributed by atoms with Crippen molar-refractivity contribution >= 4 is 38.6 Å². The summed E-state index contributed by atoms with van der Waals surface area (Å²) in [6, 6.07) is 29.0. The number of piperazine rings is 1. The second kappa shape index (κ2) is 12.2. The van der Waals surface area contributed by atoms with Crippen LogP contribution in [0.1, 0.15) is 24.0 Å². The van der Waals surface area contributed by atoms with Crippen molar-refractivity contribution in [3.05, 3.63) is 114 Å². The van der Waals surface area contributed by atoms with Gasteiger partial charge in [0, 0.05) is 19.4 Å². The lowest BCUT2D eigenvalue weighted by molar-refractivity contribution is -0.152. The van der Waals surface area contributed by atoms with Crippen LogP contribution < -0.4 is 0 Å². The fourth-order valence-corrected chi connectivity index (χ4v) is 8.10. The first-order chi connectivity index (χ1) is 21.2. The second-order valence-corrected chi connectivity index (χ2v) is 13.1. The Bertz CT molecular complexity index is 1800. The maximum Gasteiger partial charge on any atom is 0.303 e. The molecule has 44 heavy (non-hydrogen) atoms. The van der Waals surface area contributed by atoms with Crippen molar-refractivity contribution in [3.63, 3.8) is 0 Å². The summed E-state index contributed by atoms with van der Waals surface area (Å²) in [4.78, 5) is 42.9. The molecule has 0 aliphatic carbocycles. The SMILES string of the molecule is O=C(O)CC[C@H]1C(=O)N2C(CN(CCc3ccccc3)C(=O)[C@@H]2Cc2ccccc2)N1S(=O)(=O)c1ccc2ccccc2c1. The molecular formula is C34H33N3O6S. The van der Waals surface area contributed by atoms with Crippen LogP contribution in [0.2, 0.25) is 0 Å². The van der Waals surface area contributed by atoms with Gasteiger partial charge in [0.25, 0.3) is 0 Å². The number of hydrogen-bond acceptors (Lipinski definition) is 5. The van der Waals surface area contributed by atoms with Crippen LogP contribution in [0.25, 0.3) is 10.8 Å². The quantitative estimate of drug-likeness (QED) is 0.291. The second-order valence-electron chi connectivity index (χ2n) is 11.2. The Labute approximate surface area is 256 Å². The summed E-state index contributed by atoms with van der Waals surface area (Å²) in [5.41, 5.74) is 1.87. The third-order valence-corrected chi connectivity index (χ3v) is 10.4. The average Bonchev–Trinajstić information content (AvgIpc) is 3.32. The highest BCUT2D eigenvalue weighted by atomic mass is 32.2. The van der Waals surface area contributed by atoms with Gasteiger partial charge in [0.2, 0.25) is 21.8 Å². The number of carboxylic acid groups (broad SMARTS) is 1. The van der Waals surface area contributed by atoms with Crippen molar-refractivity contribution in [2.24, 2.45) is 0 Å². The molecule has 0 bridgehead atoms. The van der Waals surface area contributed by atoms with Crippen LogP contribution in [0.4, 0.5) is 0 Å². The number of benzene rings is 4. The minimum Gasteiger partial charge on any atom is -0.481 e. The monoisotopic (exact) mass is 611 g/mol. The van der Waals surface area contributed by atoms with E-state index in [-0.39, 0.29) is 30.2 Å². The van der Waals surface area contributed by atoms with Crippen LogP contribution in [0.5, 0.6) is 0 Å². The summed E-state index contributed by atoms with van der Waals surface area (Å²) in [5.74, 6) is -1.93. The van der Waals surface area contributed by atoms with Crippen LogP contribution >= 0.6 is 0 Å². The number of sulfonamides is 1. The fraction of sp³-hybridized carbons (Fsp3) is 0.265. The number of fused-ring (bicyclic) bond motifs is 2. The molecule has 2 fully saturated rings. The van der Waals surface area contributed by atoms with Gasteiger partial charge in [0.1, 0.15) is 18.2 Å². The summed E-state index contributed by atoms with van der Waals surface area (Å²) in [6.07, 6.45) is -0.815. The van der Waals surface area contributed by atoms with E-state index in [1.807, 2.05) is 84.9 Å². The molecule has 9 nitrogen and oxygen atoms in total. The van der Waals surface area contributed by atoms with Gasteiger partial charge in [-0.3, -0.25) is 14.4 Å². The van der Waals surface area contributed by atoms with Crippen molar-refractivity contribution in [1.29, 1.82) is 0 Å². The predicted molar refractivity (Wildman–Crippen MR) is 165 cm³/mol. The molecule has 1 unspecified atom stereocenters. The number of carbonyl (C=O) groups is 3. The molecule has 2 heterocycles. The van der Waals surface area contributed by atoms with Crippen molar-refractivity contribution in [1.82, 2.24) is 14.1 Å². The molecule has 4 aromatic carbocycles. The molecule has 2 amide bonds. The van der Waals surface area contributed by atoms with Gasteiger partial charge in [-0.15, -0.1) is 0 Å². The summed E-state index contributed by atoms with van der Waals surface area (Å²) in [7, 11) is -4.29. The summed E-state index contributed by atoms with van der Waals surface area (Å²) >= 11 is 0. The molecule has 2 saturated heterocycles. The molecular weight excluding hydrogens is 578 g/mol. The van der Waals surface area contributed by atoms with E-state index in [4.69, 9.17) is 0 Å². The van der Waals surface area contributed by atoms with E-state index in [0.717, 1.165) is 21.9 Å². The highest BCUT2D eigenvalue weighted by molar-refractivity contribution is 7.89. The van der Waals surface area contributed by atoms with Gasteiger partial charge in [0.05, 0.1) is 11.4 Å². The number of nitrogens with zero attached hydrogens (tertiary/aromatic N) is 3. The van der Waals surface area contributed by atoms with Crippen molar-refractivity contribution < 1.29 is 27.9 Å². The zero-order valence-corrected chi connectivity index (χ0v) is 24.8. The van der Waals surface area contributed by atoms with Crippen LogP contribution in [-0.4, -0.2) is 76.8 Å². The molecule has 6 rings (SSSR count). The highest BCUT2D eigenvalue weighted by Gasteiger charge is 2.58. The molecule has 0 saturated carbocycles. The zero-order valence-electron chi connectivity index (χ0n) is 24.0. The Balaban J connectivity index is 1.42. The maximum absolute atomic E-state index is 14.5. The van der Waals surface area contributed by atoms with Gasteiger partial charge in [0.15, 0.2) is 0 Å². The normalized spacial score (nSPS) is 20.7. The lowest BCUT2D eigenvalue weighted by Crippen LogP contribution is -2.64. The maximum atomic E-state index is 14.5. The summed E-state index contributed by atoms with van der Waals surface area (Å²) in [5, 5.41) is 11.1. The lowest BCUT2D eigenvalue weighted by atomic mass is 9.99. The van der Waals surface area contributed by atoms with Gasteiger partial charge >= 0.3 is 5.97 Å². The zero-order chi connectivity index (χ0) is 30.8. The third kappa shape index (κ3) is 5.70. The van der Waals surface area contributed by atoms with Gasteiger partial charge < -0.3 is 14.9 Å². The number of carbonyl (C=O) groups excluding carboxylic acids is 2. The molecule has 3 atom stereocenters. The molecule has 226 valence electrons. The van der Waals surface area contributed by atoms with E-state index in [1.165, 1.54) is 15.3 Å². The molecule has 4 aromatic rings. The van der Waals surface area contributed by atoms with E-state index in [2.05, 4.69) is 0 Å². The Morgan fingerprint density at radius 3 is 2.09 bits per heavy atom. The lowest BCUT2D eigenvalue weighted by Gasteiger charge is -2.44. The number of aliphatic carboxylic acids is 1. The van der Waals surface area contributed by atoms with E-state index >= 15 is 0 Å². The molecule has 10 heteroatoms. The third-order valence-electron chi connectivity index (χ3n) is 8.49. The van der Waals surface area contributed by atoms with Gasteiger partial charge in [-0.1, -0.05) is 91.0 Å². The smallest absolute Gasteiger partial charge is 0.303 e. The molecule has 2 aliphatic rings. The van der Waals surface area contributed by atoms with E-state index in [9.17, 15) is 27.9 Å². The van der Waals surface area contributed by atoms with E-state index < -0.39 is 46.6 Å². The van der Waals surface area contributed by atoms with Crippen LogP contribution in [0.15, 0.2) is 108 Å². The predicted octanol–water partition coefficient (Wildman–Crippen LogP) is 3.93. The van der Waals surface area contributed by atoms with Crippen LogP contribution in [0.3, 0.4) is 0 Å². The number of amides is 2. The first-order valence-corrected chi connectivity index (χ1v) is 16.1. The number of rotatable bonds is 10. The first kappa shape index (κ1) is 29.5. The molecule has 0 spiro atoms. The summed E-state index contributed by atoms with van der Waals surface area (Å²) in [6.45, 7) is 0.329. The number of carboxylic acids is 1. The Hall–Kier alpha value is -4.54. The minimum atomic E-state index is -4.29. The Morgan fingerprint density at radius 2 is 1.41 bits per heavy atom. The Morgan fingerprint density at radius 1 is 0.773 bits per heavy atom. The number of hydrogen-bond donors (Lipinski definition) is 1. The van der Waals surface area contributed by atoms with Crippen molar-refractivity contribution in [2.45, 2.75) is 48.8 Å². The minimum absolute atomic E-state index is 0.0125. The largest absolute Gasteiger partial charge is 0.481 e. The first-order valence-electron chi connectivity index (χ1n) is 14.7. The van der Waals surface area contributed by atoms with Crippen LogP contribution in [0, 0.1) is 0 Å². The molecule has 0 aromatic heterocycles. The van der Waals surface area contributed by atoms with E-state index in [1.54, 1.807) is 17.0 Å². The highest BCUT2D eigenvalue weighted by Crippen LogP contribution is 2.37. The van der Waals surface area contributed by atoms with Gasteiger partial charge in [-0.25, -0.2) is 8.42 Å². The van der Waals surface area contributed by atoms with Gasteiger partial charge in [-0.2, -0.15) is 4.31 Å². The summed E-state index contributed by atoms with van der Waals surface area (Å²) < 4.78 is 30.1. The van der Waals surface area contributed by atoms with Crippen molar-refractivity contribution in [3.8, 4) is 0 Å². The fourth-order valence-electron chi connectivity index (χ4n) is 6.33. The van der Waals surface area contributed by atoms with Crippen molar-refractivity contribution in [2.75, 3.05) is 13.1 Å². The van der Waals surface area contributed by atoms with Gasteiger partial charge in [-0.05, 0) is 46.9 Å².